The van der Waals surface area contributed by atoms with E-state index in [-0.39, 0.29) is 12.1 Å². The van der Waals surface area contributed by atoms with Crippen molar-refractivity contribution < 1.29 is 14.6 Å². The summed E-state index contributed by atoms with van der Waals surface area (Å²) in [6.07, 6.45) is 12.4. The maximum atomic E-state index is 12.3. The Bertz CT molecular complexity index is 861. The highest BCUT2D eigenvalue weighted by Crippen LogP contribution is 2.49. The first kappa shape index (κ1) is 17.2. The Morgan fingerprint density at radius 1 is 1.37 bits per heavy atom. The third kappa shape index (κ3) is 3.05. The van der Waals surface area contributed by atoms with Gasteiger partial charge in [-0.25, -0.2) is 4.79 Å². The quantitative estimate of drug-likeness (QED) is 0.749. The highest BCUT2D eigenvalue weighted by atomic mass is 32.1. The van der Waals surface area contributed by atoms with Gasteiger partial charge in [0.1, 0.15) is 11.2 Å². The number of allylic oxidation sites excluding steroid dienone is 3. The van der Waals surface area contributed by atoms with Crippen LogP contribution in [0.4, 0.5) is 5.00 Å². The van der Waals surface area contributed by atoms with Gasteiger partial charge in [0.05, 0.1) is 17.0 Å². The monoisotopic (exact) mass is 384 g/mol. The van der Waals surface area contributed by atoms with Gasteiger partial charge in [0, 0.05) is 18.7 Å². The van der Waals surface area contributed by atoms with Crippen molar-refractivity contribution in [3.63, 3.8) is 0 Å². The van der Waals surface area contributed by atoms with Crippen LogP contribution in [0.5, 0.6) is 0 Å². The maximum Gasteiger partial charge on any atom is 0.339 e. The molecular formula is C21H24N2O3S. The molecule has 4 bridgehead atoms. The Morgan fingerprint density at radius 3 is 3.07 bits per heavy atom. The summed E-state index contributed by atoms with van der Waals surface area (Å²) in [4.78, 5) is 18.0. The third-order valence-corrected chi connectivity index (χ3v) is 7.27. The molecule has 0 amide bonds. The van der Waals surface area contributed by atoms with Crippen LogP contribution in [0.25, 0.3) is 0 Å². The van der Waals surface area contributed by atoms with Gasteiger partial charge in [-0.15, -0.1) is 11.3 Å². The molecule has 5 nitrogen and oxygen atoms in total. The largest absolute Gasteiger partial charge is 0.478 e. The molecule has 142 valence electrons. The van der Waals surface area contributed by atoms with Crippen molar-refractivity contribution in [2.24, 2.45) is 10.9 Å². The van der Waals surface area contributed by atoms with Crippen LogP contribution < -0.4 is 5.32 Å². The molecule has 1 aromatic heterocycles. The van der Waals surface area contributed by atoms with E-state index in [9.17, 15) is 9.90 Å². The fraction of sp³-hybridized carbons (Fsp3) is 0.524. The van der Waals surface area contributed by atoms with Crippen LogP contribution in [0, 0.1) is 5.92 Å². The first-order valence-electron chi connectivity index (χ1n) is 9.86. The summed E-state index contributed by atoms with van der Waals surface area (Å²) in [6.45, 7) is 1.48. The van der Waals surface area contributed by atoms with Crippen LogP contribution in [-0.2, 0) is 4.74 Å². The van der Waals surface area contributed by atoms with E-state index in [0.29, 0.717) is 11.5 Å². The SMILES string of the molecule is O=C(O)c1c(NC2CCCCO2)sc2c1C1CC3=C(CN=C2)C(C=CC3)C1. The second kappa shape index (κ2) is 6.91. The lowest BCUT2D eigenvalue weighted by molar-refractivity contribution is 0.0344. The van der Waals surface area contributed by atoms with Gasteiger partial charge >= 0.3 is 5.97 Å². The molecule has 0 saturated carbocycles. The first-order chi connectivity index (χ1) is 13.2. The molecule has 0 radical (unpaired) electrons. The molecule has 1 aromatic rings. The number of carboxylic acid groups (broad SMARTS) is 1. The van der Waals surface area contributed by atoms with Gasteiger partial charge in [0.25, 0.3) is 0 Å². The van der Waals surface area contributed by atoms with E-state index in [4.69, 9.17) is 9.73 Å². The molecule has 3 unspecified atom stereocenters. The van der Waals surface area contributed by atoms with Crippen molar-refractivity contribution in [3.05, 3.63) is 39.3 Å². The predicted octanol–water partition coefficient (Wildman–Crippen LogP) is 4.57. The minimum Gasteiger partial charge on any atom is -0.478 e. The summed E-state index contributed by atoms with van der Waals surface area (Å²) in [7, 11) is 0. The van der Waals surface area contributed by atoms with Crippen LogP contribution in [-0.4, -0.2) is 36.7 Å². The van der Waals surface area contributed by atoms with Gasteiger partial charge in [0.15, 0.2) is 0 Å². The van der Waals surface area contributed by atoms with E-state index >= 15 is 0 Å². The molecule has 5 aliphatic rings. The molecule has 0 aromatic carbocycles. The van der Waals surface area contributed by atoms with Crippen molar-refractivity contribution in [3.8, 4) is 0 Å². The number of nitrogens with zero attached hydrogens (tertiary/aromatic N) is 1. The average molecular weight is 385 g/mol. The number of hydrogen-bond donors (Lipinski definition) is 2. The molecule has 1 saturated heterocycles. The lowest BCUT2D eigenvalue weighted by atomic mass is 9.70. The van der Waals surface area contributed by atoms with Gasteiger partial charge in [-0.1, -0.05) is 17.7 Å². The number of aromatic carboxylic acids is 1. The fourth-order valence-electron chi connectivity index (χ4n) is 4.96. The topological polar surface area (TPSA) is 70.9 Å². The minimum atomic E-state index is -0.848. The van der Waals surface area contributed by atoms with Crippen molar-refractivity contribution in [1.29, 1.82) is 0 Å². The Kier molecular flexibility index (Phi) is 4.40. The number of carboxylic acids is 1. The zero-order valence-electron chi connectivity index (χ0n) is 15.2. The molecule has 4 heterocycles. The van der Waals surface area contributed by atoms with Crippen LogP contribution in [0.3, 0.4) is 0 Å². The lowest BCUT2D eigenvalue weighted by Gasteiger charge is -2.34. The van der Waals surface area contributed by atoms with Crippen molar-refractivity contribution in [2.75, 3.05) is 18.5 Å². The number of fused-ring (bicyclic) bond motifs is 1. The Morgan fingerprint density at radius 2 is 2.30 bits per heavy atom. The number of aliphatic imine (C=N–C) groups is 1. The van der Waals surface area contributed by atoms with E-state index in [1.165, 1.54) is 22.5 Å². The molecule has 2 N–H and O–H groups in total. The Hall–Kier alpha value is -1.92. The van der Waals surface area contributed by atoms with E-state index in [0.717, 1.165) is 67.1 Å². The predicted molar refractivity (Wildman–Crippen MR) is 107 cm³/mol. The molecule has 27 heavy (non-hydrogen) atoms. The van der Waals surface area contributed by atoms with E-state index < -0.39 is 5.97 Å². The lowest BCUT2D eigenvalue weighted by Crippen LogP contribution is -2.27. The van der Waals surface area contributed by atoms with Gasteiger partial charge in [0.2, 0.25) is 0 Å². The highest BCUT2D eigenvalue weighted by Gasteiger charge is 2.36. The standard InChI is InChI=1S/C21H24N2O3S/c24-21(25)19-18-14-8-12-4-3-5-13(9-14)15(12)10-22-11-16(18)27-20(19)23-17-6-1-2-7-26-17/h3-4,11-12,14,17,23H,1-2,5-10H2,(H,24,25). The van der Waals surface area contributed by atoms with Gasteiger partial charge in [-0.2, -0.15) is 0 Å². The zero-order valence-corrected chi connectivity index (χ0v) is 16.1. The normalized spacial score (nSPS) is 29.1. The number of hydrogen-bond acceptors (Lipinski definition) is 5. The smallest absolute Gasteiger partial charge is 0.339 e. The highest BCUT2D eigenvalue weighted by molar-refractivity contribution is 7.18. The maximum absolute atomic E-state index is 12.3. The number of anilines is 1. The van der Waals surface area contributed by atoms with Gasteiger partial charge < -0.3 is 15.2 Å². The minimum absolute atomic E-state index is 0.0935. The number of carbonyl (C=O) groups is 1. The zero-order chi connectivity index (χ0) is 18.4. The van der Waals surface area contributed by atoms with Crippen LogP contribution >= 0.6 is 11.3 Å². The summed E-state index contributed by atoms with van der Waals surface area (Å²) < 4.78 is 5.79. The van der Waals surface area contributed by atoms with Gasteiger partial charge in [-0.05, 0) is 55.6 Å². The van der Waals surface area contributed by atoms with Crippen LogP contribution in [0.15, 0.2) is 28.3 Å². The number of thiophene rings is 1. The molecular weight excluding hydrogens is 360 g/mol. The average Bonchev–Trinajstić information content (AvgIpc) is 3.04. The summed E-state index contributed by atoms with van der Waals surface area (Å²) in [6, 6.07) is 0. The van der Waals surface area contributed by atoms with Gasteiger partial charge in [-0.3, -0.25) is 4.99 Å². The summed E-state index contributed by atoms with van der Waals surface area (Å²) >= 11 is 1.52. The first-order valence-corrected chi connectivity index (χ1v) is 10.7. The Labute approximate surface area is 162 Å². The van der Waals surface area contributed by atoms with E-state index in [1.54, 1.807) is 0 Å². The van der Waals surface area contributed by atoms with Crippen LogP contribution in [0.1, 0.15) is 65.2 Å². The molecule has 3 aliphatic heterocycles. The molecule has 3 atom stereocenters. The van der Waals surface area contributed by atoms with Crippen molar-refractivity contribution in [1.82, 2.24) is 0 Å². The summed E-state index contributed by atoms with van der Waals surface area (Å²) in [5.41, 5.74) is 4.35. The van der Waals surface area contributed by atoms with Crippen molar-refractivity contribution in [2.45, 2.75) is 50.7 Å². The van der Waals surface area contributed by atoms with Crippen LogP contribution in [0.2, 0.25) is 0 Å². The van der Waals surface area contributed by atoms with E-state index in [2.05, 4.69) is 17.5 Å². The summed E-state index contributed by atoms with van der Waals surface area (Å²) in [5.74, 6) is -0.183. The second-order valence-electron chi connectivity index (χ2n) is 7.86. The van der Waals surface area contributed by atoms with Crippen molar-refractivity contribution >= 4 is 28.5 Å². The number of rotatable bonds is 3. The number of ether oxygens (including phenoxy) is 1. The molecule has 0 spiro atoms. The molecule has 1 fully saturated rings. The fourth-order valence-corrected chi connectivity index (χ4v) is 6.18. The summed E-state index contributed by atoms with van der Waals surface area (Å²) in [5, 5.41) is 14.2. The second-order valence-corrected chi connectivity index (χ2v) is 8.92. The third-order valence-electron chi connectivity index (χ3n) is 6.20. The van der Waals surface area contributed by atoms with E-state index in [1.807, 2.05) is 6.21 Å². The Balaban J connectivity index is 1.57. The molecule has 2 aliphatic carbocycles. The molecule has 6 rings (SSSR count). The molecule has 6 heteroatoms. The number of nitrogens with one attached hydrogen (secondary N) is 1.